The van der Waals surface area contributed by atoms with Crippen LogP contribution < -0.4 is 10.2 Å². The summed E-state index contributed by atoms with van der Waals surface area (Å²) in [7, 11) is 0. The van der Waals surface area contributed by atoms with E-state index in [1.54, 1.807) is 4.90 Å². The van der Waals surface area contributed by atoms with Crippen LogP contribution >= 0.6 is 15.9 Å². The summed E-state index contributed by atoms with van der Waals surface area (Å²) < 4.78 is 0. The number of anilines is 2. The Morgan fingerprint density at radius 2 is 2.11 bits per heavy atom. The van der Waals surface area contributed by atoms with Crippen LogP contribution in [0.1, 0.15) is 18.4 Å². The number of nitrogens with one attached hydrogen (secondary N) is 1. The van der Waals surface area contributed by atoms with Crippen LogP contribution in [0.5, 0.6) is 0 Å². The monoisotopic (exact) mass is 308 g/mol. The summed E-state index contributed by atoms with van der Waals surface area (Å²) in [5, 5.41) is 2.86. The molecule has 2 amide bonds. The SMILES string of the molecule is O=C1CCc2ccc(N3CC(Br)CC3=O)cc2N1. The zero-order chi connectivity index (χ0) is 12.7. The van der Waals surface area contributed by atoms with Crippen molar-refractivity contribution in [2.45, 2.75) is 24.1 Å². The number of halogens is 1. The normalized spacial score (nSPS) is 22.9. The molecule has 0 radical (unpaired) electrons. The molecule has 94 valence electrons. The van der Waals surface area contributed by atoms with Crippen molar-refractivity contribution < 1.29 is 9.59 Å². The lowest BCUT2D eigenvalue weighted by atomic mass is 10.0. The van der Waals surface area contributed by atoms with Crippen LogP contribution in [0.4, 0.5) is 11.4 Å². The molecule has 2 aliphatic heterocycles. The molecule has 4 nitrogen and oxygen atoms in total. The van der Waals surface area contributed by atoms with E-state index in [9.17, 15) is 9.59 Å². The fraction of sp³-hybridized carbons (Fsp3) is 0.385. The van der Waals surface area contributed by atoms with Gasteiger partial charge in [0.05, 0.1) is 0 Å². The number of rotatable bonds is 1. The Kier molecular flexibility index (Phi) is 2.86. The summed E-state index contributed by atoms with van der Waals surface area (Å²) in [6, 6.07) is 5.85. The number of hydrogen-bond donors (Lipinski definition) is 1. The van der Waals surface area contributed by atoms with Gasteiger partial charge in [-0.05, 0) is 24.1 Å². The van der Waals surface area contributed by atoms with E-state index in [1.807, 2.05) is 18.2 Å². The van der Waals surface area contributed by atoms with Gasteiger partial charge >= 0.3 is 0 Å². The summed E-state index contributed by atoms with van der Waals surface area (Å²) in [5.41, 5.74) is 2.85. The zero-order valence-electron chi connectivity index (χ0n) is 9.78. The lowest BCUT2D eigenvalue weighted by Gasteiger charge is -2.21. The standard InChI is InChI=1S/C13H13BrN2O2/c14-9-5-13(18)16(7-9)10-3-1-8-2-4-12(17)15-11(8)6-10/h1,3,6,9H,2,4-5,7H2,(H,15,17). The van der Waals surface area contributed by atoms with Gasteiger partial charge in [0.2, 0.25) is 11.8 Å². The number of carbonyl (C=O) groups excluding carboxylic acids is 2. The number of alkyl halides is 1. The first-order chi connectivity index (χ1) is 8.63. The Balaban J connectivity index is 1.92. The van der Waals surface area contributed by atoms with Crippen molar-refractivity contribution >= 4 is 39.1 Å². The highest BCUT2D eigenvalue weighted by atomic mass is 79.9. The second-order valence-corrected chi connectivity index (χ2v) is 5.99. The van der Waals surface area contributed by atoms with Crippen LogP contribution in [-0.2, 0) is 16.0 Å². The molecule has 3 rings (SSSR count). The second-order valence-electron chi connectivity index (χ2n) is 4.70. The zero-order valence-corrected chi connectivity index (χ0v) is 11.4. The van der Waals surface area contributed by atoms with E-state index in [2.05, 4.69) is 21.2 Å². The smallest absolute Gasteiger partial charge is 0.228 e. The minimum atomic E-state index is 0.0470. The third kappa shape index (κ3) is 2.03. The number of amides is 2. The highest BCUT2D eigenvalue weighted by molar-refractivity contribution is 9.09. The summed E-state index contributed by atoms with van der Waals surface area (Å²) in [6.45, 7) is 0.686. The topological polar surface area (TPSA) is 49.4 Å². The van der Waals surface area contributed by atoms with E-state index >= 15 is 0 Å². The predicted octanol–water partition coefficient (Wildman–Crippen LogP) is 2.07. The van der Waals surface area contributed by atoms with Gasteiger partial charge in [0, 0.05) is 35.6 Å². The lowest BCUT2D eigenvalue weighted by Crippen LogP contribution is -2.25. The van der Waals surface area contributed by atoms with Crippen molar-refractivity contribution in [2.75, 3.05) is 16.8 Å². The van der Waals surface area contributed by atoms with Gasteiger partial charge in [0.25, 0.3) is 0 Å². The Hall–Kier alpha value is -1.36. The molecule has 1 atom stereocenters. The van der Waals surface area contributed by atoms with E-state index in [4.69, 9.17) is 0 Å². The van der Waals surface area contributed by atoms with Gasteiger partial charge in [0.15, 0.2) is 0 Å². The molecule has 2 aliphatic rings. The maximum atomic E-state index is 11.8. The summed E-state index contributed by atoms with van der Waals surface area (Å²) in [6.07, 6.45) is 1.85. The van der Waals surface area contributed by atoms with Crippen molar-refractivity contribution in [3.05, 3.63) is 23.8 Å². The molecule has 1 aromatic rings. The molecular weight excluding hydrogens is 296 g/mol. The van der Waals surface area contributed by atoms with Gasteiger partial charge in [-0.2, -0.15) is 0 Å². The molecule has 18 heavy (non-hydrogen) atoms. The molecule has 5 heteroatoms. The molecule has 2 heterocycles. The van der Waals surface area contributed by atoms with Gasteiger partial charge in [-0.3, -0.25) is 9.59 Å². The van der Waals surface area contributed by atoms with Gasteiger partial charge in [0.1, 0.15) is 0 Å². The van der Waals surface area contributed by atoms with E-state index in [1.165, 1.54) is 0 Å². The van der Waals surface area contributed by atoms with E-state index in [0.717, 1.165) is 23.4 Å². The van der Waals surface area contributed by atoms with Crippen molar-refractivity contribution in [3.8, 4) is 0 Å². The number of carbonyl (C=O) groups is 2. The maximum absolute atomic E-state index is 11.8. The first-order valence-electron chi connectivity index (χ1n) is 6.01. The number of hydrogen-bond acceptors (Lipinski definition) is 2. The minimum Gasteiger partial charge on any atom is -0.326 e. The molecule has 0 aliphatic carbocycles. The molecule has 1 saturated heterocycles. The Morgan fingerprint density at radius 1 is 1.28 bits per heavy atom. The number of aryl methyl sites for hydroxylation is 1. The third-order valence-electron chi connectivity index (χ3n) is 3.38. The fourth-order valence-electron chi connectivity index (χ4n) is 2.44. The summed E-state index contributed by atoms with van der Waals surface area (Å²) in [5.74, 6) is 0.171. The Bertz CT molecular complexity index is 530. The van der Waals surface area contributed by atoms with Gasteiger partial charge in [-0.1, -0.05) is 22.0 Å². The van der Waals surface area contributed by atoms with Crippen LogP contribution in [0.15, 0.2) is 18.2 Å². The molecule has 0 spiro atoms. The second kappa shape index (κ2) is 4.39. The number of fused-ring (bicyclic) bond motifs is 1. The molecule has 0 aromatic heterocycles. The molecule has 1 aromatic carbocycles. The Labute approximate surface area is 113 Å². The average Bonchev–Trinajstić information content (AvgIpc) is 2.67. The molecule has 1 fully saturated rings. The van der Waals surface area contributed by atoms with E-state index in [0.29, 0.717) is 19.4 Å². The quantitative estimate of drug-likeness (QED) is 0.808. The van der Waals surface area contributed by atoms with Crippen molar-refractivity contribution in [1.29, 1.82) is 0 Å². The highest BCUT2D eigenvalue weighted by Crippen LogP contribution is 2.31. The average molecular weight is 309 g/mol. The van der Waals surface area contributed by atoms with Crippen LogP contribution in [0, 0.1) is 0 Å². The van der Waals surface area contributed by atoms with Gasteiger partial charge in [-0.15, -0.1) is 0 Å². The maximum Gasteiger partial charge on any atom is 0.228 e. The summed E-state index contributed by atoms with van der Waals surface area (Å²) >= 11 is 3.47. The van der Waals surface area contributed by atoms with Gasteiger partial charge in [-0.25, -0.2) is 0 Å². The first-order valence-corrected chi connectivity index (χ1v) is 6.92. The lowest BCUT2D eigenvalue weighted by molar-refractivity contribution is -0.117. The predicted molar refractivity (Wildman–Crippen MR) is 73.1 cm³/mol. The molecular formula is C13H13BrN2O2. The van der Waals surface area contributed by atoms with Crippen LogP contribution in [0.2, 0.25) is 0 Å². The van der Waals surface area contributed by atoms with E-state index < -0.39 is 0 Å². The van der Waals surface area contributed by atoms with Crippen LogP contribution in [0.3, 0.4) is 0 Å². The van der Waals surface area contributed by atoms with Crippen LogP contribution in [-0.4, -0.2) is 23.2 Å². The van der Waals surface area contributed by atoms with Crippen molar-refractivity contribution in [3.63, 3.8) is 0 Å². The van der Waals surface area contributed by atoms with E-state index in [-0.39, 0.29) is 16.6 Å². The highest BCUT2D eigenvalue weighted by Gasteiger charge is 2.29. The van der Waals surface area contributed by atoms with Crippen molar-refractivity contribution in [2.24, 2.45) is 0 Å². The number of nitrogens with zero attached hydrogens (tertiary/aromatic N) is 1. The molecule has 0 saturated carbocycles. The molecule has 0 bridgehead atoms. The first kappa shape index (κ1) is 11.7. The minimum absolute atomic E-state index is 0.0470. The molecule has 1 unspecified atom stereocenters. The third-order valence-corrected chi connectivity index (χ3v) is 3.99. The van der Waals surface area contributed by atoms with Crippen molar-refractivity contribution in [1.82, 2.24) is 0 Å². The largest absolute Gasteiger partial charge is 0.326 e. The molecule has 1 N–H and O–H groups in total. The number of benzene rings is 1. The Morgan fingerprint density at radius 3 is 2.83 bits per heavy atom. The summed E-state index contributed by atoms with van der Waals surface area (Å²) in [4.78, 5) is 25.2. The van der Waals surface area contributed by atoms with Gasteiger partial charge < -0.3 is 10.2 Å². The van der Waals surface area contributed by atoms with Crippen LogP contribution in [0.25, 0.3) is 0 Å². The fourth-order valence-corrected chi connectivity index (χ4v) is 3.01.